The first-order valence-corrected chi connectivity index (χ1v) is 3.87. The van der Waals surface area contributed by atoms with Crippen LogP contribution in [0.3, 0.4) is 0 Å². The fourth-order valence-corrected chi connectivity index (χ4v) is 0.976. The molecular formula is C7H2F12. The molecule has 0 aromatic carbocycles. The SMILES string of the molecule is C=C(F)F.FC(F)(F)C(F)(F)C1(F)C(F)(F)C1(F)F. The number of alkyl halides is 10. The standard InChI is InChI=1S/C5F10.C2H2F2/c6-1(2(7,8)3(1,9)10)4(11,12)5(13,14)15;1-2(3)4/h;1H2. The zero-order valence-electron chi connectivity index (χ0n) is 8.24. The molecule has 1 rings (SSSR count). The fourth-order valence-electron chi connectivity index (χ4n) is 0.976. The van der Waals surface area contributed by atoms with Gasteiger partial charge in [0.05, 0.1) is 0 Å². The maximum Gasteiger partial charge on any atom is 0.457 e. The molecule has 12 heteroatoms. The van der Waals surface area contributed by atoms with Crippen LogP contribution in [-0.4, -0.2) is 29.6 Å². The summed E-state index contributed by atoms with van der Waals surface area (Å²) in [5.74, 6) is -18.9. The predicted molar refractivity (Wildman–Crippen MR) is 36.1 cm³/mol. The summed E-state index contributed by atoms with van der Waals surface area (Å²) in [5, 5.41) is 0. The number of hydrogen-bond donors (Lipinski definition) is 0. The first-order valence-electron chi connectivity index (χ1n) is 3.87. The maximum atomic E-state index is 12.4. The molecule has 0 nitrogen and oxygen atoms in total. The van der Waals surface area contributed by atoms with E-state index in [1.807, 2.05) is 0 Å². The van der Waals surface area contributed by atoms with E-state index in [1.165, 1.54) is 0 Å². The van der Waals surface area contributed by atoms with Crippen LogP contribution in [0.5, 0.6) is 0 Å². The first kappa shape index (κ1) is 17.9. The van der Waals surface area contributed by atoms with Crippen LogP contribution in [0, 0.1) is 0 Å². The van der Waals surface area contributed by atoms with Gasteiger partial charge in [0.2, 0.25) is 0 Å². The lowest BCUT2D eigenvalue weighted by molar-refractivity contribution is -0.324. The number of halogens is 12. The van der Waals surface area contributed by atoms with Gasteiger partial charge in [-0.15, -0.1) is 0 Å². The minimum atomic E-state index is -6.81. The lowest BCUT2D eigenvalue weighted by Gasteiger charge is -2.22. The molecule has 1 saturated carbocycles. The molecule has 0 spiro atoms. The molecule has 0 saturated heterocycles. The van der Waals surface area contributed by atoms with E-state index in [0.717, 1.165) is 0 Å². The number of hydrogen-bond acceptors (Lipinski definition) is 0. The summed E-state index contributed by atoms with van der Waals surface area (Å²) < 4.78 is 138. The number of rotatable bonds is 1. The van der Waals surface area contributed by atoms with Gasteiger partial charge in [-0.2, -0.15) is 48.3 Å². The zero-order valence-corrected chi connectivity index (χ0v) is 8.24. The Hall–Kier alpha value is -1.10. The summed E-state index contributed by atoms with van der Waals surface area (Å²) in [4.78, 5) is 0. The minimum absolute atomic E-state index is 1.83. The smallest absolute Gasteiger partial charge is 0.223 e. The highest BCUT2D eigenvalue weighted by molar-refractivity contribution is 5.35. The molecule has 0 atom stereocenters. The topological polar surface area (TPSA) is 0 Å². The third-order valence-corrected chi connectivity index (χ3v) is 1.99. The summed E-state index contributed by atoms with van der Waals surface area (Å²) in [6.45, 7) is 2.22. The average Bonchev–Trinajstić information content (AvgIpc) is 2.42. The monoisotopic (exact) mass is 314 g/mol. The van der Waals surface area contributed by atoms with Crippen molar-refractivity contribution in [1.29, 1.82) is 0 Å². The average molecular weight is 314 g/mol. The second-order valence-corrected chi connectivity index (χ2v) is 3.22. The molecule has 19 heavy (non-hydrogen) atoms. The van der Waals surface area contributed by atoms with Gasteiger partial charge in [0, 0.05) is 0 Å². The van der Waals surface area contributed by atoms with Crippen LogP contribution in [-0.2, 0) is 0 Å². The first-order chi connectivity index (χ1) is 7.98. The second kappa shape index (κ2) is 4.20. The zero-order chi connectivity index (χ0) is 16.1. The Morgan fingerprint density at radius 1 is 0.737 bits per heavy atom. The van der Waals surface area contributed by atoms with E-state index < -0.39 is 35.7 Å². The van der Waals surface area contributed by atoms with Gasteiger partial charge in [-0.1, -0.05) is 0 Å². The molecule has 0 unspecified atom stereocenters. The van der Waals surface area contributed by atoms with Crippen molar-refractivity contribution in [2.75, 3.05) is 0 Å². The van der Waals surface area contributed by atoms with Gasteiger partial charge in [0.25, 0.3) is 6.08 Å². The van der Waals surface area contributed by atoms with Crippen molar-refractivity contribution in [3.05, 3.63) is 12.7 Å². The molecule has 0 aromatic heterocycles. The Bertz CT molecular complexity index is 345. The quantitative estimate of drug-likeness (QED) is 0.622. The van der Waals surface area contributed by atoms with Gasteiger partial charge in [0.1, 0.15) is 0 Å². The van der Waals surface area contributed by atoms with E-state index in [2.05, 4.69) is 6.58 Å². The lowest BCUT2D eigenvalue weighted by Crippen LogP contribution is -2.51. The molecule has 1 aliphatic carbocycles. The van der Waals surface area contributed by atoms with Crippen LogP contribution in [0.15, 0.2) is 12.7 Å². The van der Waals surface area contributed by atoms with Crippen molar-refractivity contribution in [1.82, 2.24) is 0 Å². The summed E-state index contributed by atoms with van der Waals surface area (Å²) in [6, 6.07) is 0. The van der Waals surface area contributed by atoms with Gasteiger partial charge in [0.15, 0.2) is 0 Å². The van der Waals surface area contributed by atoms with E-state index in [1.54, 1.807) is 0 Å². The van der Waals surface area contributed by atoms with Gasteiger partial charge in [-0.05, 0) is 6.58 Å². The van der Waals surface area contributed by atoms with E-state index in [0.29, 0.717) is 0 Å². The normalized spacial score (nSPS) is 23.2. The summed E-state index contributed by atoms with van der Waals surface area (Å²) in [7, 11) is 0. The van der Waals surface area contributed by atoms with Crippen molar-refractivity contribution in [3.63, 3.8) is 0 Å². The Morgan fingerprint density at radius 3 is 1.00 bits per heavy atom. The van der Waals surface area contributed by atoms with Gasteiger partial charge < -0.3 is 0 Å². The molecular weight excluding hydrogens is 312 g/mol. The highest BCUT2D eigenvalue weighted by Gasteiger charge is 3.09. The molecule has 0 radical (unpaired) electrons. The second-order valence-electron chi connectivity index (χ2n) is 3.22. The third-order valence-electron chi connectivity index (χ3n) is 1.99. The lowest BCUT2D eigenvalue weighted by atomic mass is 10.1. The van der Waals surface area contributed by atoms with E-state index in [4.69, 9.17) is 0 Å². The van der Waals surface area contributed by atoms with Crippen molar-refractivity contribution in [3.8, 4) is 0 Å². The molecule has 0 aliphatic heterocycles. The summed E-state index contributed by atoms with van der Waals surface area (Å²) >= 11 is 0. The molecule has 114 valence electrons. The predicted octanol–water partition coefficient (Wildman–Crippen LogP) is 4.57. The largest absolute Gasteiger partial charge is 0.457 e. The van der Waals surface area contributed by atoms with Crippen LogP contribution in [0.1, 0.15) is 0 Å². The van der Waals surface area contributed by atoms with Crippen LogP contribution in [0.25, 0.3) is 0 Å². The summed E-state index contributed by atoms with van der Waals surface area (Å²) in [5.41, 5.74) is -6.20. The van der Waals surface area contributed by atoms with Gasteiger partial charge >= 0.3 is 29.6 Å². The van der Waals surface area contributed by atoms with Crippen LogP contribution in [0.2, 0.25) is 0 Å². The Kier molecular flexibility index (Phi) is 3.96. The molecule has 0 aromatic rings. The molecule has 0 amide bonds. The van der Waals surface area contributed by atoms with Crippen LogP contribution >= 0.6 is 0 Å². The molecule has 0 N–H and O–H groups in total. The molecule has 0 bridgehead atoms. The van der Waals surface area contributed by atoms with Crippen molar-refractivity contribution in [2.45, 2.75) is 29.6 Å². The van der Waals surface area contributed by atoms with E-state index in [9.17, 15) is 52.7 Å². The van der Waals surface area contributed by atoms with Gasteiger partial charge in [-0.3, -0.25) is 0 Å². The molecule has 1 aliphatic rings. The molecule has 0 heterocycles. The third kappa shape index (κ3) is 2.14. The fraction of sp³-hybridized carbons (Fsp3) is 0.714. The van der Waals surface area contributed by atoms with E-state index in [-0.39, 0.29) is 0 Å². The minimum Gasteiger partial charge on any atom is -0.223 e. The van der Waals surface area contributed by atoms with Crippen LogP contribution < -0.4 is 0 Å². The van der Waals surface area contributed by atoms with Crippen LogP contribution in [0.4, 0.5) is 52.7 Å². The molecule has 1 fully saturated rings. The maximum absolute atomic E-state index is 12.4. The van der Waals surface area contributed by atoms with Crippen molar-refractivity contribution in [2.24, 2.45) is 0 Å². The Labute approximate surface area is 96.2 Å². The highest BCUT2D eigenvalue weighted by atomic mass is 19.4. The highest BCUT2D eigenvalue weighted by Crippen LogP contribution is 2.75. The van der Waals surface area contributed by atoms with Gasteiger partial charge in [-0.25, -0.2) is 4.39 Å². The Morgan fingerprint density at radius 2 is 0.947 bits per heavy atom. The van der Waals surface area contributed by atoms with Crippen molar-refractivity contribution < 1.29 is 52.7 Å². The van der Waals surface area contributed by atoms with Crippen molar-refractivity contribution >= 4 is 0 Å². The Balaban J connectivity index is 0.000000711. The van der Waals surface area contributed by atoms with E-state index >= 15 is 0 Å². The summed E-state index contributed by atoms with van der Waals surface area (Å²) in [6.07, 6.45) is -8.65.